The molecular weight excluding hydrogens is 226 g/mol. The lowest BCUT2D eigenvalue weighted by Gasteiger charge is -2.19. The van der Waals surface area contributed by atoms with Crippen molar-refractivity contribution in [3.63, 3.8) is 0 Å². The molecule has 2 aliphatic rings. The normalized spacial score (nSPS) is 19.6. The minimum atomic E-state index is -0.413. The third-order valence-corrected chi connectivity index (χ3v) is 3.75. The van der Waals surface area contributed by atoms with Gasteiger partial charge in [0.05, 0.1) is 10.6 Å². The number of carbonyl (C=O) groups excluding carboxylic acids is 1. The second-order valence-electron chi connectivity index (χ2n) is 4.49. The van der Waals surface area contributed by atoms with Crippen molar-refractivity contribution in [2.45, 2.75) is 31.8 Å². The lowest BCUT2D eigenvalue weighted by molar-refractivity contribution is 0.0999. The van der Waals surface area contributed by atoms with Gasteiger partial charge in [0.25, 0.3) is 5.91 Å². The molecule has 3 rings (SSSR count). The van der Waals surface area contributed by atoms with Crippen LogP contribution in [0.15, 0.2) is 0 Å². The molecule has 0 spiro atoms. The molecule has 0 saturated heterocycles. The third-order valence-electron chi connectivity index (χ3n) is 3.36. The van der Waals surface area contributed by atoms with E-state index in [1.165, 1.54) is 12.8 Å². The average molecular weight is 240 g/mol. The zero-order valence-corrected chi connectivity index (χ0v) is 9.68. The number of nitrogens with one attached hydrogen (secondary N) is 1. The third kappa shape index (κ3) is 1.37. The number of hydrogen-bond acceptors (Lipinski definition) is 2. The summed E-state index contributed by atoms with van der Waals surface area (Å²) in [5, 5.41) is 3.84. The summed E-state index contributed by atoms with van der Waals surface area (Å²) >= 11 is 6.30. The number of hydrogen-bond donors (Lipinski definition) is 2. The topological polar surface area (TPSA) is 60.1 Å². The maximum Gasteiger partial charge on any atom is 0.252 e. The van der Waals surface area contributed by atoms with Crippen molar-refractivity contribution in [2.75, 3.05) is 6.54 Å². The molecule has 4 nitrogen and oxygen atoms in total. The first-order valence-electron chi connectivity index (χ1n) is 5.61. The van der Waals surface area contributed by atoms with Gasteiger partial charge in [-0.25, -0.2) is 0 Å². The van der Waals surface area contributed by atoms with Gasteiger partial charge < -0.3 is 15.6 Å². The molecule has 86 valence electrons. The van der Waals surface area contributed by atoms with Crippen LogP contribution in [0.2, 0.25) is 5.02 Å². The van der Waals surface area contributed by atoms with E-state index in [0.29, 0.717) is 23.0 Å². The molecule has 1 aromatic rings. The highest BCUT2D eigenvalue weighted by molar-refractivity contribution is 6.35. The molecule has 0 bridgehead atoms. The van der Waals surface area contributed by atoms with Gasteiger partial charge in [0.2, 0.25) is 0 Å². The monoisotopic (exact) mass is 239 g/mol. The first kappa shape index (κ1) is 10.2. The SMILES string of the molecule is NC(=O)c1c(Cl)c(C2CC2)n2c1CNCC2. The largest absolute Gasteiger partial charge is 0.365 e. The second-order valence-corrected chi connectivity index (χ2v) is 4.87. The first-order valence-corrected chi connectivity index (χ1v) is 5.99. The number of nitrogens with zero attached hydrogens (tertiary/aromatic N) is 1. The van der Waals surface area contributed by atoms with E-state index in [4.69, 9.17) is 17.3 Å². The molecule has 1 aromatic heterocycles. The molecule has 1 saturated carbocycles. The van der Waals surface area contributed by atoms with Gasteiger partial charge in [-0.3, -0.25) is 4.79 Å². The number of primary amides is 1. The van der Waals surface area contributed by atoms with Crippen LogP contribution in [-0.4, -0.2) is 17.0 Å². The highest BCUT2D eigenvalue weighted by atomic mass is 35.5. The van der Waals surface area contributed by atoms with Gasteiger partial charge in [0.1, 0.15) is 0 Å². The number of amides is 1. The Hall–Kier alpha value is -1.00. The number of nitrogens with two attached hydrogens (primary N) is 1. The molecule has 0 atom stereocenters. The molecule has 0 unspecified atom stereocenters. The van der Waals surface area contributed by atoms with Crippen LogP contribution in [0.5, 0.6) is 0 Å². The predicted octanol–water partition coefficient (Wildman–Crippen LogP) is 1.22. The van der Waals surface area contributed by atoms with Crippen molar-refractivity contribution in [2.24, 2.45) is 5.73 Å². The fraction of sp³-hybridized carbons (Fsp3) is 0.545. The average Bonchev–Trinajstić information content (AvgIpc) is 3.01. The van der Waals surface area contributed by atoms with Gasteiger partial charge in [-0.2, -0.15) is 0 Å². The Labute approximate surface area is 98.7 Å². The Balaban J connectivity index is 2.21. The van der Waals surface area contributed by atoms with Gasteiger partial charge in [-0.15, -0.1) is 0 Å². The molecule has 0 radical (unpaired) electrons. The standard InChI is InChI=1S/C11H14ClN3O/c12-9-8(11(13)16)7-5-14-3-4-15(7)10(9)6-1-2-6/h6,14H,1-5H2,(H2,13,16). The van der Waals surface area contributed by atoms with Crippen molar-refractivity contribution in [3.8, 4) is 0 Å². The van der Waals surface area contributed by atoms with Gasteiger partial charge in [0.15, 0.2) is 0 Å². The molecule has 0 aromatic carbocycles. The highest BCUT2D eigenvalue weighted by Crippen LogP contribution is 2.46. The molecule has 16 heavy (non-hydrogen) atoms. The molecule has 1 aliphatic carbocycles. The van der Waals surface area contributed by atoms with Crippen molar-refractivity contribution in [1.82, 2.24) is 9.88 Å². The highest BCUT2D eigenvalue weighted by Gasteiger charge is 2.35. The Morgan fingerprint density at radius 3 is 2.88 bits per heavy atom. The van der Waals surface area contributed by atoms with Crippen molar-refractivity contribution >= 4 is 17.5 Å². The Morgan fingerprint density at radius 1 is 1.50 bits per heavy atom. The van der Waals surface area contributed by atoms with Crippen LogP contribution >= 0.6 is 11.6 Å². The summed E-state index contributed by atoms with van der Waals surface area (Å²) in [5.41, 5.74) is 8.03. The number of rotatable bonds is 2. The molecule has 1 amide bonds. The first-order chi connectivity index (χ1) is 7.70. The fourth-order valence-electron chi connectivity index (χ4n) is 2.50. The fourth-order valence-corrected chi connectivity index (χ4v) is 2.96. The smallest absolute Gasteiger partial charge is 0.252 e. The maximum atomic E-state index is 11.4. The van der Waals surface area contributed by atoms with E-state index in [1.54, 1.807) is 0 Å². The molecule has 5 heteroatoms. The zero-order chi connectivity index (χ0) is 11.3. The summed E-state index contributed by atoms with van der Waals surface area (Å²) < 4.78 is 2.19. The summed E-state index contributed by atoms with van der Waals surface area (Å²) in [6.07, 6.45) is 2.35. The van der Waals surface area contributed by atoms with E-state index in [2.05, 4.69) is 9.88 Å². The predicted molar refractivity (Wildman–Crippen MR) is 61.6 cm³/mol. The summed E-state index contributed by atoms with van der Waals surface area (Å²) in [4.78, 5) is 11.4. The van der Waals surface area contributed by atoms with E-state index in [-0.39, 0.29) is 0 Å². The van der Waals surface area contributed by atoms with Crippen LogP contribution in [0.4, 0.5) is 0 Å². The zero-order valence-electron chi connectivity index (χ0n) is 8.92. The number of fused-ring (bicyclic) bond motifs is 1. The van der Waals surface area contributed by atoms with Crippen molar-refractivity contribution < 1.29 is 4.79 Å². The molecule has 3 N–H and O–H groups in total. The summed E-state index contributed by atoms with van der Waals surface area (Å²) in [5.74, 6) is 0.127. The van der Waals surface area contributed by atoms with E-state index in [1.807, 2.05) is 0 Å². The van der Waals surface area contributed by atoms with Crippen LogP contribution in [0.3, 0.4) is 0 Å². The van der Waals surface area contributed by atoms with E-state index in [9.17, 15) is 4.79 Å². The molecule has 2 heterocycles. The van der Waals surface area contributed by atoms with Gasteiger partial charge >= 0.3 is 0 Å². The number of carbonyl (C=O) groups is 1. The summed E-state index contributed by atoms with van der Waals surface area (Å²) in [7, 11) is 0. The van der Waals surface area contributed by atoms with Crippen LogP contribution in [-0.2, 0) is 13.1 Å². The van der Waals surface area contributed by atoms with Gasteiger partial charge in [-0.1, -0.05) is 11.6 Å². The van der Waals surface area contributed by atoms with Crippen LogP contribution < -0.4 is 11.1 Å². The van der Waals surface area contributed by atoms with Crippen LogP contribution in [0, 0.1) is 0 Å². The van der Waals surface area contributed by atoms with E-state index in [0.717, 1.165) is 24.5 Å². The second kappa shape index (κ2) is 3.50. The Kier molecular flexibility index (Phi) is 2.23. The van der Waals surface area contributed by atoms with Crippen molar-refractivity contribution in [3.05, 3.63) is 22.0 Å². The van der Waals surface area contributed by atoms with E-state index < -0.39 is 5.91 Å². The maximum absolute atomic E-state index is 11.4. The minimum absolute atomic E-state index is 0.413. The minimum Gasteiger partial charge on any atom is -0.365 e. The van der Waals surface area contributed by atoms with Gasteiger partial charge in [0, 0.05) is 36.9 Å². The lowest BCUT2D eigenvalue weighted by Crippen LogP contribution is -2.30. The van der Waals surface area contributed by atoms with Crippen LogP contribution in [0.25, 0.3) is 0 Å². The Bertz CT molecular complexity index is 462. The van der Waals surface area contributed by atoms with Crippen LogP contribution in [0.1, 0.15) is 40.5 Å². The number of aromatic nitrogens is 1. The summed E-state index contributed by atoms with van der Waals surface area (Å²) in [6.45, 7) is 2.49. The Morgan fingerprint density at radius 2 is 2.25 bits per heavy atom. The van der Waals surface area contributed by atoms with Crippen molar-refractivity contribution in [1.29, 1.82) is 0 Å². The van der Waals surface area contributed by atoms with Gasteiger partial charge in [-0.05, 0) is 12.8 Å². The quantitative estimate of drug-likeness (QED) is 0.815. The molecular formula is C11H14ClN3O. The lowest BCUT2D eigenvalue weighted by atomic mass is 10.2. The van der Waals surface area contributed by atoms with E-state index >= 15 is 0 Å². The molecule has 1 aliphatic heterocycles. The molecule has 1 fully saturated rings. The number of halogens is 1. The summed E-state index contributed by atoms with van der Waals surface area (Å²) in [6, 6.07) is 0.